The zero-order valence-electron chi connectivity index (χ0n) is 10.4. The second-order valence-electron chi connectivity index (χ2n) is 5.20. The van der Waals surface area contributed by atoms with E-state index in [9.17, 15) is 9.18 Å². The van der Waals surface area contributed by atoms with Crippen molar-refractivity contribution in [2.75, 3.05) is 0 Å². The molecule has 0 aliphatic carbocycles. The number of hydrogen-bond acceptors (Lipinski definition) is 2. The van der Waals surface area contributed by atoms with Crippen LogP contribution in [-0.2, 0) is 4.79 Å². The van der Waals surface area contributed by atoms with Crippen LogP contribution < -0.4 is 4.74 Å². The van der Waals surface area contributed by atoms with Crippen molar-refractivity contribution in [3.63, 3.8) is 0 Å². The van der Waals surface area contributed by atoms with Crippen molar-refractivity contribution in [1.82, 2.24) is 0 Å². The molecule has 1 aromatic rings. The van der Waals surface area contributed by atoms with Crippen molar-refractivity contribution in [2.45, 2.75) is 38.7 Å². The van der Waals surface area contributed by atoms with Gasteiger partial charge in [-0.3, -0.25) is 0 Å². The summed E-state index contributed by atoms with van der Waals surface area (Å²) in [6.45, 7) is 6.13. The predicted octanol–water partition coefficient (Wildman–Crippen LogP) is 3.31. The third-order valence-corrected chi connectivity index (χ3v) is 3.73. The molecule has 0 spiro atoms. The fourth-order valence-electron chi connectivity index (χ4n) is 2.22. The van der Waals surface area contributed by atoms with E-state index >= 15 is 0 Å². The maximum atomic E-state index is 13.2. The van der Waals surface area contributed by atoms with Crippen LogP contribution in [0.15, 0.2) is 18.2 Å². The molecule has 3 heteroatoms. The van der Waals surface area contributed by atoms with Crippen LogP contribution in [0, 0.1) is 11.7 Å². The molecular formula is C14H17FO2. The van der Waals surface area contributed by atoms with Gasteiger partial charge in [0.1, 0.15) is 23.5 Å². The smallest absolute Gasteiger partial charge is 0.127 e. The molecule has 0 fully saturated rings. The first-order chi connectivity index (χ1) is 7.96. The minimum Gasteiger partial charge on any atom is -0.487 e. The summed E-state index contributed by atoms with van der Waals surface area (Å²) in [6.07, 6.45) is 1.49. The van der Waals surface area contributed by atoms with Gasteiger partial charge in [0, 0.05) is 17.9 Å². The molecule has 92 valence electrons. The van der Waals surface area contributed by atoms with Gasteiger partial charge in [-0.2, -0.15) is 0 Å². The Balaban J connectivity index is 2.46. The molecule has 1 aliphatic heterocycles. The minimum atomic E-state index is -0.365. The molecule has 17 heavy (non-hydrogen) atoms. The van der Waals surface area contributed by atoms with E-state index in [4.69, 9.17) is 4.74 Å². The van der Waals surface area contributed by atoms with Crippen LogP contribution in [-0.4, -0.2) is 11.9 Å². The molecule has 0 radical (unpaired) electrons. The number of aldehydes is 1. The number of fused-ring (bicyclic) bond motifs is 1. The zero-order chi connectivity index (χ0) is 12.6. The summed E-state index contributed by atoms with van der Waals surface area (Å²) in [5.74, 6) is 0.323. The van der Waals surface area contributed by atoms with Crippen molar-refractivity contribution in [1.29, 1.82) is 0 Å². The van der Waals surface area contributed by atoms with Crippen molar-refractivity contribution in [2.24, 2.45) is 5.92 Å². The Labute approximate surface area is 101 Å². The number of halogens is 1. The maximum Gasteiger partial charge on any atom is 0.127 e. The molecule has 0 amide bonds. The Kier molecular flexibility index (Phi) is 2.94. The van der Waals surface area contributed by atoms with Crippen molar-refractivity contribution in [3.8, 4) is 5.75 Å². The highest BCUT2D eigenvalue weighted by Crippen LogP contribution is 2.43. The van der Waals surface area contributed by atoms with Crippen LogP contribution in [0.25, 0.3) is 0 Å². The highest BCUT2D eigenvalue weighted by Gasteiger charge is 2.39. The Morgan fingerprint density at radius 1 is 1.53 bits per heavy atom. The predicted molar refractivity (Wildman–Crippen MR) is 63.7 cm³/mol. The Morgan fingerprint density at radius 3 is 2.82 bits per heavy atom. The van der Waals surface area contributed by atoms with Crippen LogP contribution in [0.1, 0.15) is 38.7 Å². The number of hydrogen-bond donors (Lipinski definition) is 0. The van der Waals surface area contributed by atoms with E-state index in [0.717, 1.165) is 6.29 Å². The van der Waals surface area contributed by atoms with Crippen molar-refractivity contribution < 1.29 is 13.9 Å². The van der Waals surface area contributed by atoms with E-state index in [1.54, 1.807) is 6.07 Å². The highest BCUT2D eigenvalue weighted by molar-refractivity contribution is 5.65. The lowest BCUT2D eigenvalue weighted by atomic mass is 9.78. The van der Waals surface area contributed by atoms with E-state index in [-0.39, 0.29) is 17.3 Å². The molecule has 1 aliphatic rings. The molecule has 2 unspecified atom stereocenters. The van der Waals surface area contributed by atoms with Gasteiger partial charge in [-0.1, -0.05) is 13.8 Å². The molecule has 2 atom stereocenters. The summed E-state index contributed by atoms with van der Waals surface area (Å²) in [4.78, 5) is 11.2. The van der Waals surface area contributed by atoms with Crippen LogP contribution in [0.4, 0.5) is 4.39 Å². The van der Waals surface area contributed by atoms with Gasteiger partial charge in [0.25, 0.3) is 0 Å². The lowest BCUT2D eigenvalue weighted by Crippen LogP contribution is -2.43. The Hall–Kier alpha value is -1.38. The third kappa shape index (κ3) is 2.06. The number of carbonyl (C=O) groups is 1. The first kappa shape index (κ1) is 12.1. The molecule has 2 nitrogen and oxygen atoms in total. The summed E-state index contributed by atoms with van der Waals surface area (Å²) >= 11 is 0. The van der Waals surface area contributed by atoms with E-state index < -0.39 is 0 Å². The maximum absolute atomic E-state index is 13.2. The monoisotopic (exact) mass is 236 g/mol. The summed E-state index contributed by atoms with van der Waals surface area (Å²) < 4.78 is 19.1. The Bertz CT molecular complexity index is 442. The number of carbonyl (C=O) groups excluding carboxylic acids is 1. The largest absolute Gasteiger partial charge is 0.487 e. The van der Waals surface area contributed by atoms with Gasteiger partial charge in [-0.25, -0.2) is 4.39 Å². The fraction of sp³-hybridized carbons (Fsp3) is 0.500. The van der Waals surface area contributed by atoms with Crippen LogP contribution in [0.2, 0.25) is 0 Å². The van der Waals surface area contributed by atoms with Gasteiger partial charge in [0.2, 0.25) is 0 Å². The Morgan fingerprint density at radius 2 is 2.24 bits per heavy atom. The first-order valence-corrected chi connectivity index (χ1v) is 5.90. The molecule has 1 aromatic carbocycles. The number of rotatable bonds is 2. The quantitative estimate of drug-likeness (QED) is 0.736. The molecular weight excluding hydrogens is 219 g/mol. The zero-order valence-corrected chi connectivity index (χ0v) is 10.4. The summed E-state index contributed by atoms with van der Waals surface area (Å²) in [5, 5.41) is 0. The normalized spacial score (nSPS) is 27.5. The summed E-state index contributed by atoms with van der Waals surface area (Å²) in [7, 11) is 0. The molecule has 1 heterocycles. The highest BCUT2D eigenvalue weighted by atomic mass is 19.1. The summed E-state index contributed by atoms with van der Waals surface area (Å²) in [6, 6.07) is 4.38. The average Bonchev–Trinajstić information content (AvgIpc) is 2.28. The fourth-order valence-corrected chi connectivity index (χ4v) is 2.22. The molecule has 2 rings (SSSR count). The van der Waals surface area contributed by atoms with Crippen LogP contribution in [0.5, 0.6) is 5.75 Å². The molecule has 0 N–H and O–H groups in total. The number of benzene rings is 1. The molecule has 0 saturated heterocycles. The minimum absolute atomic E-state index is 0.276. The second kappa shape index (κ2) is 4.13. The van der Waals surface area contributed by atoms with E-state index in [2.05, 4.69) is 13.8 Å². The van der Waals surface area contributed by atoms with Gasteiger partial charge in [0.05, 0.1) is 0 Å². The lowest BCUT2D eigenvalue weighted by molar-refractivity contribution is -0.111. The van der Waals surface area contributed by atoms with E-state index in [0.29, 0.717) is 23.7 Å². The average molecular weight is 236 g/mol. The number of ether oxygens (including phenoxy) is 1. The van der Waals surface area contributed by atoms with Crippen LogP contribution >= 0.6 is 0 Å². The van der Waals surface area contributed by atoms with Gasteiger partial charge < -0.3 is 9.53 Å². The first-order valence-electron chi connectivity index (χ1n) is 5.90. The van der Waals surface area contributed by atoms with E-state index in [1.807, 2.05) is 6.92 Å². The van der Waals surface area contributed by atoms with Crippen LogP contribution in [0.3, 0.4) is 0 Å². The molecule has 0 saturated carbocycles. The lowest BCUT2D eigenvalue weighted by Gasteiger charge is -2.41. The molecule has 0 bridgehead atoms. The standard InChI is InChI=1S/C14H17FO2/c1-9(2)14(3)7-10(8-16)12-6-11(15)4-5-13(12)17-14/h4-6,8-10H,7H2,1-3H3. The van der Waals surface area contributed by atoms with Crippen molar-refractivity contribution >= 4 is 6.29 Å². The van der Waals surface area contributed by atoms with Crippen molar-refractivity contribution in [3.05, 3.63) is 29.6 Å². The summed E-state index contributed by atoms with van der Waals surface area (Å²) in [5.41, 5.74) is 0.300. The SMILES string of the molecule is CC(C)C1(C)CC(C=O)c2cc(F)ccc2O1. The van der Waals surface area contributed by atoms with Gasteiger partial charge >= 0.3 is 0 Å². The van der Waals surface area contributed by atoms with Gasteiger partial charge in [-0.05, 0) is 31.0 Å². The topological polar surface area (TPSA) is 26.3 Å². The van der Waals surface area contributed by atoms with E-state index in [1.165, 1.54) is 12.1 Å². The van der Waals surface area contributed by atoms with Gasteiger partial charge in [0.15, 0.2) is 0 Å². The third-order valence-electron chi connectivity index (χ3n) is 3.73. The van der Waals surface area contributed by atoms with Gasteiger partial charge in [-0.15, -0.1) is 0 Å². The molecule has 0 aromatic heterocycles. The second-order valence-corrected chi connectivity index (χ2v) is 5.20.